The van der Waals surface area contributed by atoms with Crippen LogP contribution in [0.3, 0.4) is 0 Å². The number of carbonyl (C=O) groups excluding carboxylic acids is 1. The Morgan fingerprint density at radius 3 is 2.80 bits per heavy atom. The lowest BCUT2D eigenvalue weighted by Crippen LogP contribution is -2.34. The van der Waals surface area contributed by atoms with E-state index >= 15 is 0 Å². The van der Waals surface area contributed by atoms with Gasteiger partial charge in [0.25, 0.3) is 0 Å². The molecule has 1 aliphatic heterocycles. The van der Waals surface area contributed by atoms with Crippen LogP contribution in [-0.4, -0.2) is 62.5 Å². The highest BCUT2D eigenvalue weighted by atomic mass is 16.2. The number of likely N-dealkylation sites (tertiary alicyclic amines) is 1. The minimum atomic E-state index is 0.314. The maximum atomic E-state index is 11.8. The first-order chi connectivity index (χ1) is 7.15. The van der Waals surface area contributed by atoms with Gasteiger partial charge in [0, 0.05) is 25.6 Å². The lowest BCUT2D eigenvalue weighted by Gasteiger charge is -2.20. The molecule has 0 aliphatic carbocycles. The maximum Gasteiger partial charge on any atom is 0.222 e. The number of likely N-dealkylation sites (N-methyl/N-ethyl adjacent to an activating group) is 1. The molecule has 0 aromatic rings. The van der Waals surface area contributed by atoms with Crippen molar-refractivity contribution in [2.45, 2.75) is 25.3 Å². The number of amides is 1. The van der Waals surface area contributed by atoms with E-state index in [1.165, 1.54) is 0 Å². The van der Waals surface area contributed by atoms with Crippen LogP contribution in [0.5, 0.6) is 0 Å². The second kappa shape index (κ2) is 6.08. The predicted molar refractivity (Wildman–Crippen MR) is 61.8 cm³/mol. The standard InChI is InChI=1S/C11H23N3O/c1-12-7-4-5-11(15)14-8-6-10(9-14)13(2)3/h10,12H,4-9H2,1-3H3. The summed E-state index contributed by atoms with van der Waals surface area (Å²) < 4.78 is 0. The van der Waals surface area contributed by atoms with Crippen molar-refractivity contribution >= 4 is 5.91 Å². The molecule has 1 aliphatic rings. The van der Waals surface area contributed by atoms with E-state index in [9.17, 15) is 4.79 Å². The zero-order chi connectivity index (χ0) is 11.3. The Bertz CT molecular complexity index is 206. The molecule has 4 heteroatoms. The summed E-state index contributed by atoms with van der Waals surface area (Å²) in [6, 6.07) is 0.554. The van der Waals surface area contributed by atoms with Crippen LogP contribution in [0.25, 0.3) is 0 Å². The first-order valence-electron chi connectivity index (χ1n) is 5.74. The van der Waals surface area contributed by atoms with Gasteiger partial charge >= 0.3 is 0 Å². The van der Waals surface area contributed by atoms with Crippen molar-refractivity contribution < 1.29 is 4.79 Å². The third-order valence-corrected chi connectivity index (χ3v) is 3.06. The molecule has 0 saturated carbocycles. The van der Waals surface area contributed by atoms with Gasteiger partial charge in [-0.15, -0.1) is 0 Å². The van der Waals surface area contributed by atoms with Crippen molar-refractivity contribution in [1.29, 1.82) is 0 Å². The van der Waals surface area contributed by atoms with E-state index in [4.69, 9.17) is 0 Å². The average molecular weight is 213 g/mol. The van der Waals surface area contributed by atoms with Crippen molar-refractivity contribution in [3.05, 3.63) is 0 Å². The fraction of sp³-hybridized carbons (Fsp3) is 0.909. The fourth-order valence-electron chi connectivity index (χ4n) is 1.96. The van der Waals surface area contributed by atoms with Crippen LogP contribution in [0.15, 0.2) is 0 Å². The second-order valence-electron chi connectivity index (χ2n) is 4.45. The topological polar surface area (TPSA) is 35.6 Å². The van der Waals surface area contributed by atoms with E-state index < -0.39 is 0 Å². The SMILES string of the molecule is CNCCCC(=O)N1CCC(N(C)C)C1. The monoisotopic (exact) mass is 213 g/mol. The molecule has 0 aromatic heterocycles. The molecule has 15 heavy (non-hydrogen) atoms. The van der Waals surface area contributed by atoms with E-state index in [0.717, 1.165) is 32.5 Å². The van der Waals surface area contributed by atoms with Gasteiger partial charge in [-0.25, -0.2) is 0 Å². The van der Waals surface area contributed by atoms with Gasteiger partial charge < -0.3 is 15.1 Å². The number of hydrogen-bond acceptors (Lipinski definition) is 3. The zero-order valence-corrected chi connectivity index (χ0v) is 10.1. The number of nitrogens with one attached hydrogen (secondary N) is 1. The van der Waals surface area contributed by atoms with Crippen LogP contribution in [0.4, 0.5) is 0 Å². The highest BCUT2D eigenvalue weighted by molar-refractivity contribution is 5.76. The van der Waals surface area contributed by atoms with E-state index in [0.29, 0.717) is 18.4 Å². The summed E-state index contributed by atoms with van der Waals surface area (Å²) in [7, 11) is 6.09. The Labute approximate surface area is 92.6 Å². The summed E-state index contributed by atoms with van der Waals surface area (Å²) in [5, 5.41) is 3.06. The molecular weight excluding hydrogens is 190 g/mol. The smallest absolute Gasteiger partial charge is 0.222 e. The van der Waals surface area contributed by atoms with Crippen LogP contribution >= 0.6 is 0 Å². The van der Waals surface area contributed by atoms with Gasteiger partial charge in [-0.2, -0.15) is 0 Å². The summed E-state index contributed by atoms with van der Waals surface area (Å²) in [6.07, 6.45) is 2.74. The molecule has 1 saturated heterocycles. The molecule has 4 nitrogen and oxygen atoms in total. The Morgan fingerprint density at radius 1 is 1.53 bits per heavy atom. The Balaban J connectivity index is 2.24. The highest BCUT2D eigenvalue weighted by Gasteiger charge is 2.26. The molecule has 1 rings (SSSR count). The average Bonchev–Trinajstić information content (AvgIpc) is 2.66. The van der Waals surface area contributed by atoms with Crippen LogP contribution < -0.4 is 5.32 Å². The van der Waals surface area contributed by atoms with E-state index in [2.05, 4.69) is 24.3 Å². The summed E-state index contributed by atoms with van der Waals surface area (Å²) in [4.78, 5) is 16.0. The highest BCUT2D eigenvalue weighted by Crippen LogP contribution is 2.14. The number of hydrogen-bond donors (Lipinski definition) is 1. The molecule has 1 heterocycles. The van der Waals surface area contributed by atoms with Crippen molar-refractivity contribution in [1.82, 2.24) is 15.1 Å². The van der Waals surface area contributed by atoms with Gasteiger partial charge in [0.15, 0.2) is 0 Å². The Hall–Kier alpha value is -0.610. The third-order valence-electron chi connectivity index (χ3n) is 3.06. The molecule has 88 valence electrons. The van der Waals surface area contributed by atoms with Crippen LogP contribution in [0.2, 0.25) is 0 Å². The summed E-state index contributed by atoms with van der Waals surface area (Å²) >= 11 is 0. The van der Waals surface area contributed by atoms with Crippen LogP contribution in [0, 0.1) is 0 Å². The van der Waals surface area contributed by atoms with Gasteiger partial charge in [0.05, 0.1) is 0 Å². The summed E-state index contributed by atoms with van der Waals surface area (Å²) in [6.45, 7) is 2.77. The number of nitrogens with zero attached hydrogens (tertiary/aromatic N) is 2. The summed E-state index contributed by atoms with van der Waals surface area (Å²) in [5.74, 6) is 0.314. The first-order valence-corrected chi connectivity index (χ1v) is 5.74. The summed E-state index contributed by atoms with van der Waals surface area (Å²) in [5.41, 5.74) is 0. The van der Waals surface area contributed by atoms with Crippen LogP contribution in [0.1, 0.15) is 19.3 Å². The van der Waals surface area contributed by atoms with E-state index in [1.807, 2.05) is 11.9 Å². The zero-order valence-electron chi connectivity index (χ0n) is 10.1. The molecule has 1 fully saturated rings. The molecule has 0 aromatic carbocycles. The number of rotatable bonds is 5. The quantitative estimate of drug-likeness (QED) is 0.660. The van der Waals surface area contributed by atoms with Gasteiger partial charge in [-0.1, -0.05) is 0 Å². The Morgan fingerprint density at radius 2 is 2.27 bits per heavy atom. The van der Waals surface area contributed by atoms with Crippen LogP contribution in [-0.2, 0) is 4.79 Å². The van der Waals surface area contributed by atoms with E-state index in [1.54, 1.807) is 0 Å². The molecule has 0 spiro atoms. The molecule has 1 unspecified atom stereocenters. The largest absolute Gasteiger partial charge is 0.341 e. The molecular formula is C11H23N3O. The third kappa shape index (κ3) is 3.80. The second-order valence-corrected chi connectivity index (χ2v) is 4.45. The van der Waals surface area contributed by atoms with Gasteiger partial charge in [-0.3, -0.25) is 4.79 Å². The molecule has 0 bridgehead atoms. The minimum Gasteiger partial charge on any atom is -0.341 e. The Kier molecular flexibility index (Phi) is 5.05. The lowest BCUT2D eigenvalue weighted by atomic mass is 10.2. The minimum absolute atomic E-state index is 0.314. The van der Waals surface area contributed by atoms with E-state index in [-0.39, 0.29) is 0 Å². The molecule has 1 amide bonds. The fourth-order valence-corrected chi connectivity index (χ4v) is 1.96. The van der Waals surface area contributed by atoms with Crippen molar-refractivity contribution in [3.63, 3.8) is 0 Å². The first kappa shape index (κ1) is 12.5. The van der Waals surface area contributed by atoms with Gasteiger partial charge in [0.1, 0.15) is 0 Å². The van der Waals surface area contributed by atoms with Crippen molar-refractivity contribution in [2.75, 3.05) is 40.8 Å². The molecule has 1 atom stereocenters. The lowest BCUT2D eigenvalue weighted by molar-refractivity contribution is -0.130. The normalized spacial score (nSPS) is 21.3. The predicted octanol–water partition coefficient (Wildman–Crippen LogP) is 0.149. The maximum absolute atomic E-state index is 11.8. The van der Waals surface area contributed by atoms with Crippen molar-refractivity contribution in [3.8, 4) is 0 Å². The van der Waals surface area contributed by atoms with Gasteiger partial charge in [-0.05, 0) is 40.5 Å². The molecule has 1 N–H and O–H groups in total. The molecule has 0 radical (unpaired) electrons. The van der Waals surface area contributed by atoms with Crippen molar-refractivity contribution in [2.24, 2.45) is 0 Å². The van der Waals surface area contributed by atoms with Gasteiger partial charge in [0.2, 0.25) is 5.91 Å². The number of carbonyl (C=O) groups is 1.